The van der Waals surface area contributed by atoms with E-state index in [4.69, 9.17) is 0 Å². The first-order valence-corrected chi connectivity index (χ1v) is 5.50. The van der Waals surface area contributed by atoms with E-state index in [0.29, 0.717) is 38.8 Å². The Morgan fingerprint density at radius 3 is 2.12 bits per heavy atom. The van der Waals surface area contributed by atoms with Gasteiger partial charge in [-0.05, 0) is 18.3 Å². The second-order valence-corrected chi connectivity index (χ2v) is 4.71. The molecule has 16 heavy (non-hydrogen) atoms. The lowest BCUT2D eigenvalue weighted by molar-refractivity contribution is -0.171. The van der Waals surface area contributed by atoms with Gasteiger partial charge in [0, 0.05) is 20.0 Å². The Morgan fingerprint density at radius 2 is 1.69 bits per heavy atom. The van der Waals surface area contributed by atoms with Crippen molar-refractivity contribution in [3.05, 3.63) is 0 Å². The average Bonchev–Trinajstić information content (AvgIpc) is 2.16. The minimum atomic E-state index is -0.424. The molecule has 0 bridgehead atoms. The third-order valence-electron chi connectivity index (χ3n) is 3.54. The number of likely N-dealkylation sites (tertiary alicyclic amines) is 1. The van der Waals surface area contributed by atoms with Gasteiger partial charge < -0.3 is 9.64 Å². The summed E-state index contributed by atoms with van der Waals surface area (Å²) in [4.78, 5) is 35.4. The van der Waals surface area contributed by atoms with Crippen molar-refractivity contribution in [2.24, 2.45) is 5.41 Å². The Morgan fingerprint density at radius 1 is 1.19 bits per heavy atom. The zero-order chi connectivity index (χ0) is 11.8. The van der Waals surface area contributed by atoms with Crippen LogP contribution in [0.1, 0.15) is 32.6 Å². The Bertz CT molecular complexity index is 324. The highest BCUT2D eigenvalue weighted by atomic mass is 16.6. The summed E-state index contributed by atoms with van der Waals surface area (Å²) < 4.78 is 4.53. The summed E-state index contributed by atoms with van der Waals surface area (Å²) in [7, 11) is 0. The fraction of sp³-hybridized carbons (Fsp3) is 0.727. The Balaban J connectivity index is 2.03. The van der Waals surface area contributed by atoms with Gasteiger partial charge in [-0.3, -0.25) is 14.4 Å². The molecule has 2 rings (SSSR count). The van der Waals surface area contributed by atoms with Gasteiger partial charge in [0.2, 0.25) is 5.91 Å². The molecule has 2 fully saturated rings. The first kappa shape index (κ1) is 11.1. The number of rotatable bonds is 0. The summed E-state index contributed by atoms with van der Waals surface area (Å²) in [6.45, 7) is 2.81. The van der Waals surface area contributed by atoms with E-state index in [-0.39, 0.29) is 11.3 Å². The lowest BCUT2D eigenvalue weighted by Gasteiger charge is -2.42. The molecule has 5 heteroatoms. The molecule has 0 N–H and O–H groups in total. The van der Waals surface area contributed by atoms with E-state index in [1.165, 1.54) is 6.92 Å². The number of amides is 1. The monoisotopic (exact) mass is 225 g/mol. The molecule has 0 unspecified atom stereocenters. The van der Waals surface area contributed by atoms with Crippen molar-refractivity contribution in [2.45, 2.75) is 32.6 Å². The number of nitrogens with zero attached hydrogens (tertiary/aromatic N) is 1. The Hall–Kier alpha value is -1.39. The van der Waals surface area contributed by atoms with E-state index < -0.39 is 11.9 Å². The third kappa shape index (κ3) is 2.08. The van der Waals surface area contributed by atoms with Crippen LogP contribution in [0.15, 0.2) is 0 Å². The normalized spacial score (nSPS) is 24.4. The molecule has 1 spiro atoms. The first-order valence-electron chi connectivity index (χ1n) is 5.50. The van der Waals surface area contributed by atoms with Gasteiger partial charge in [0.15, 0.2) is 0 Å². The zero-order valence-electron chi connectivity index (χ0n) is 9.32. The van der Waals surface area contributed by atoms with E-state index in [1.54, 1.807) is 4.90 Å². The minimum Gasteiger partial charge on any atom is -0.393 e. The molecule has 2 aliphatic rings. The molecule has 1 amide bonds. The fourth-order valence-corrected chi connectivity index (χ4v) is 2.52. The second-order valence-electron chi connectivity index (χ2n) is 4.71. The minimum absolute atomic E-state index is 0.0552. The van der Waals surface area contributed by atoms with Crippen LogP contribution in [-0.2, 0) is 19.1 Å². The van der Waals surface area contributed by atoms with Crippen molar-refractivity contribution < 1.29 is 19.1 Å². The van der Waals surface area contributed by atoms with Crippen LogP contribution in [0.3, 0.4) is 0 Å². The average molecular weight is 225 g/mol. The van der Waals surface area contributed by atoms with Gasteiger partial charge in [0.05, 0.1) is 12.8 Å². The Kier molecular flexibility index (Phi) is 2.69. The van der Waals surface area contributed by atoms with E-state index in [2.05, 4.69) is 4.74 Å². The van der Waals surface area contributed by atoms with Gasteiger partial charge in [-0.25, -0.2) is 0 Å². The van der Waals surface area contributed by atoms with E-state index in [9.17, 15) is 14.4 Å². The fourth-order valence-electron chi connectivity index (χ4n) is 2.52. The van der Waals surface area contributed by atoms with Crippen LogP contribution in [0, 0.1) is 5.41 Å². The van der Waals surface area contributed by atoms with Crippen LogP contribution in [0.5, 0.6) is 0 Å². The molecule has 2 aliphatic heterocycles. The van der Waals surface area contributed by atoms with E-state index in [1.807, 2.05) is 0 Å². The topological polar surface area (TPSA) is 63.7 Å². The van der Waals surface area contributed by atoms with Crippen molar-refractivity contribution >= 4 is 17.8 Å². The number of cyclic esters (lactones) is 2. The zero-order valence-corrected chi connectivity index (χ0v) is 9.32. The maximum Gasteiger partial charge on any atom is 0.314 e. The summed E-state index contributed by atoms with van der Waals surface area (Å²) in [6, 6.07) is 0. The van der Waals surface area contributed by atoms with Crippen molar-refractivity contribution in [1.82, 2.24) is 4.90 Å². The van der Waals surface area contributed by atoms with Crippen LogP contribution in [-0.4, -0.2) is 35.8 Å². The van der Waals surface area contributed by atoms with Crippen molar-refractivity contribution in [2.75, 3.05) is 13.1 Å². The smallest absolute Gasteiger partial charge is 0.314 e. The third-order valence-corrected chi connectivity index (χ3v) is 3.54. The van der Waals surface area contributed by atoms with Crippen molar-refractivity contribution in [3.8, 4) is 0 Å². The lowest BCUT2D eigenvalue weighted by Crippen LogP contribution is -2.46. The summed E-state index contributed by atoms with van der Waals surface area (Å²) in [6.07, 6.45) is 2.05. The summed E-state index contributed by atoms with van der Waals surface area (Å²) >= 11 is 0. The predicted octanol–water partition coefficient (Wildman–Crippen LogP) is 0.479. The van der Waals surface area contributed by atoms with Crippen molar-refractivity contribution in [1.29, 1.82) is 0 Å². The summed E-state index contributed by atoms with van der Waals surface area (Å²) in [5.74, 6) is -0.792. The lowest BCUT2D eigenvalue weighted by atomic mass is 9.72. The summed E-state index contributed by atoms with van der Waals surface area (Å²) in [5.41, 5.74) is -0.252. The highest BCUT2D eigenvalue weighted by Crippen LogP contribution is 2.41. The van der Waals surface area contributed by atoms with E-state index in [0.717, 1.165) is 0 Å². The molecule has 0 aromatic rings. The van der Waals surface area contributed by atoms with Crippen molar-refractivity contribution in [3.63, 3.8) is 0 Å². The maximum absolute atomic E-state index is 11.2. The number of piperidine rings is 1. The number of hydrogen-bond acceptors (Lipinski definition) is 4. The molecular weight excluding hydrogens is 210 g/mol. The molecule has 2 saturated heterocycles. The first-order chi connectivity index (χ1) is 7.51. The molecule has 2 heterocycles. The van der Waals surface area contributed by atoms with Crippen LogP contribution in [0.4, 0.5) is 0 Å². The molecule has 0 aromatic heterocycles. The molecule has 5 nitrogen and oxygen atoms in total. The van der Waals surface area contributed by atoms with E-state index >= 15 is 0 Å². The molecule has 0 atom stereocenters. The van der Waals surface area contributed by atoms with Gasteiger partial charge in [-0.2, -0.15) is 0 Å². The number of ether oxygens (including phenoxy) is 1. The van der Waals surface area contributed by atoms with Gasteiger partial charge in [0.1, 0.15) is 0 Å². The largest absolute Gasteiger partial charge is 0.393 e. The van der Waals surface area contributed by atoms with Gasteiger partial charge in [-0.15, -0.1) is 0 Å². The van der Waals surface area contributed by atoms with Crippen LogP contribution < -0.4 is 0 Å². The van der Waals surface area contributed by atoms with Gasteiger partial charge >= 0.3 is 11.9 Å². The Labute approximate surface area is 93.7 Å². The standard InChI is InChI=1S/C11H15NO4/c1-8(13)12-4-2-11(3-5-12)6-9(14)16-10(15)7-11/h2-7H2,1H3. The number of hydrogen-bond donors (Lipinski definition) is 0. The highest BCUT2D eigenvalue weighted by molar-refractivity contribution is 5.89. The molecule has 0 saturated carbocycles. The predicted molar refractivity (Wildman–Crippen MR) is 54.3 cm³/mol. The molecule has 88 valence electrons. The molecule has 0 radical (unpaired) electrons. The summed E-state index contributed by atoms with van der Waals surface area (Å²) in [5, 5.41) is 0. The maximum atomic E-state index is 11.2. The number of carbonyl (C=O) groups is 3. The number of carbonyl (C=O) groups excluding carboxylic acids is 3. The molecule has 0 aliphatic carbocycles. The van der Waals surface area contributed by atoms with Crippen LogP contribution in [0.25, 0.3) is 0 Å². The van der Waals surface area contributed by atoms with Crippen LogP contribution in [0.2, 0.25) is 0 Å². The number of esters is 2. The quantitative estimate of drug-likeness (QED) is 0.444. The highest BCUT2D eigenvalue weighted by Gasteiger charge is 2.43. The molecule has 0 aromatic carbocycles. The van der Waals surface area contributed by atoms with Crippen LogP contribution >= 0.6 is 0 Å². The van der Waals surface area contributed by atoms with Gasteiger partial charge in [0.25, 0.3) is 0 Å². The molecular formula is C11H15NO4. The SMILES string of the molecule is CC(=O)N1CCC2(CC1)CC(=O)OC(=O)C2. The second kappa shape index (κ2) is 3.88. The van der Waals surface area contributed by atoms with Gasteiger partial charge in [-0.1, -0.05) is 0 Å².